The Morgan fingerprint density at radius 2 is 1.85 bits per heavy atom. The van der Waals surface area contributed by atoms with Gasteiger partial charge in [-0.2, -0.15) is 0 Å². The van der Waals surface area contributed by atoms with Gasteiger partial charge in [-0.3, -0.25) is 4.79 Å². The second-order valence-corrected chi connectivity index (χ2v) is 8.33. The maximum atomic E-state index is 13.1. The molecule has 2 aliphatic rings. The summed E-state index contributed by atoms with van der Waals surface area (Å²) in [6, 6.07) is 2.98. The lowest BCUT2D eigenvalue weighted by atomic mass is 9.73. The van der Waals surface area contributed by atoms with E-state index >= 15 is 0 Å². The Morgan fingerprint density at radius 1 is 1.19 bits per heavy atom. The quantitative estimate of drug-likeness (QED) is 0.749. The first-order chi connectivity index (χ1) is 12.8. The van der Waals surface area contributed by atoms with Gasteiger partial charge in [-0.25, -0.2) is 4.63 Å². The molecule has 0 fully saturated rings. The van der Waals surface area contributed by atoms with Gasteiger partial charge in [-0.05, 0) is 39.8 Å². The number of hydrogen-bond donors (Lipinski definition) is 2. The van der Waals surface area contributed by atoms with E-state index < -0.39 is 6.04 Å². The van der Waals surface area contributed by atoms with Crippen molar-refractivity contribution < 1.29 is 14.2 Å². The molecule has 1 aromatic carbocycles. The number of aromatic nitrogens is 2. The number of ketones is 1. The molecular formula is C18H18Cl2N4O3. The molecule has 0 bridgehead atoms. The second-order valence-electron chi connectivity index (χ2n) is 7.51. The van der Waals surface area contributed by atoms with E-state index in [1.54, 1.807) is 12.1 Å². The zero-order valence-electron chi connectivity index (χ0n) is 15.0. The minimum absolute atomic E-state index is 0.0522. The van der Waals surface area contributed by atoms with E-state index in [0.717, 1.165) is 11.3 Å². The Balaban J connectivity index is 1.89. The van der Waals surface area contributed by atoms with Crippen LogP contribution in [0.2, 0.25) is 10.0 Å². The zero-order valence-corrected chi connectivity index (χ0v) is 16.5. The molecule has 4 rings (SSSR count). The van der Waals surface area contributed by atoms with E-state index in [2.05, 4.69) is 34.8 Å². The molecule has 0 radical (unpaired) electrons. The molecule has 1 unspecified atom stereocenters. The van der Waals surface area contributed by atoms with Crippen molar-refractivity contribution in [3.05, 3.63) is 39.0 Å². The molecule has 2 N–H and O–H groups in total. The molecule has 0 spiro atoms. The largest absolute Gasteiger partial charge is 0.494 e. The SMILES string of the molecule is COc1c(Cl)cc(C2Nc3nonc3NC3=C2C(=O)CC(C)(C)C3)cc1Cl. The molecule has 1 aliphatic carbocycles. The summed E-state index contributed by atoms with van der Waals surface area (Å²) in [6.45, 7) is 4.12. The van der Waals surface area contributed by atoms with E-state index in [0.29, 0.717) is 45.8 Å². The number of ether oxygens (including phenoxy) is 1. The summed E-state index contributed by atoms with van der Waals surface area (Å²) in [5.41, 5.74) is 1.99. The number of fused-ring (bicyclic) bond motifs is 1. The summed E-state index contributed by atoms with van der Waals surface area (Å²) >= 11 is 12.7. The van der Waals surface area contributed by atoms with E-state index in [1.807, 2.05) is 0 Å². The fourth-order valence-electron chi connectivity index (χ4n) is 3.69. The van der Waals surface area contributed by atoms with Crippen molar-refractivity contribution in [3.63, 3.8) is 0 Å². The maximum Gasteiger partial charge on any atom is 0.219 e. The molecule has 1 atom stereocenters. The van der Waals surface area contributed by atoms with Gasteiger partial charge >= 0.3 is 0 Å². The number of carbonyl (C=O) groups is 1. The Kier molecular flexibility index (Phi) is 4.31. The highest BCUT2D eigenvalue weighted by atomic mass is 35.5. The van der Waals surface area contributed by atoms with E-state index in [9.17, 15) is 4.79 Å². The standard InChI is InChI=1S/C18H18Cl2N4O3/c1-18(2)6-11-13(12(25)7-18)14(22-17-16(21-11)23-27-24-17)8-4-9(19)15(26-3)10(20)5-8/h4-5,14H,6-7H2,1-3H3,(H,21,23)(H,22,24). The van der Waals surface area contributed by atoms with Gasteiger partial charge in [-0.15, -0.1) is 0 Å². The Bertz CT molecular complexity index is 944. The minimum atomic E-state index is -0.495. The van der Waals surface area contributed by atoms with Crippen LogP contribution >= 0.6 is 23.2 Å². The van der Waals surface area contributed by atoms with Crippen LogP contribution in [0.1, 0.15) is 38.3 Å². The summed E-state index contributed by atoms with van der Waals surface area (Å²) in [7, 11) is 1.50. The van der Waals surface area contributed by atoms with E-state index in [1.165, 1.54) is 7.11 Å². The van der Waals surface area contributed by atoms with Crippen molar-refractivity contribution in [1.29, 1.82) is 0 Å². The van der Waals surface area contributed by atoms with Crippen molar-refractivity contribution in [2.45, 2.75) is 32.7 Å². The normalized spacial score (nSPS) is 20.9. The fraction of sp³-hybridized carbons (Fsp3) is 0.389. The maximum absolute atomic E-state index is 13.1. The second kappa shape index (κ2) is 6.42. The molecule has 0 saturated heterocycles. The molecule has 1 aliphatic heterocycles. The van der Waals surface area contributed by atoms with Gasteiger partial charge in [0, 0.05) is 17.7 Å². The monoisotopic (exact) mass is 408 g/mol. The Labute approximate surface area is 166 Å². The Morgan fingerprint density at radius 3 is 2.52 bits per heavy atom. The first kappa shape index (κ1) is 18.1. The number of hydrogen-bond acceptors (Lipinski definition) is 7. The number of allylic oxidation sites excluding steroid dienone is 1. The zero-order chi connectivity index (χ0) is 19.3. The van der Waals surface area contributed by atoms with Crippen LogP contribution in [0.3, 0.4) is 0 Å². The third kappa shape index (κ3) is 3.15. The highest BCUT2D eigenvalue weighted by Gasteiger charge is 2.40. The van der Waals surface area contributed by atoms with Gasteiger partial charge in [0.15, 0.2) is 11.5 Å². The number of methoxy groups -OCH3 is 1. The van der Waals surface area contributed by atoms with Crippen molar-refractivity contribution in [1.82, 2.24) is 10.3 Å². The first-order valence-corrected chi connectivity index (χ1v) is 9.20. The third-order valence-electron chi connectivity index (χ3n) is 4.81. The number of carbonyl (C=O) groups excluding carboxylic acids is 1. The molecule has 0 saturated carbocycles. The molecule has 27 heavy (non-hydrogen) atoms. The third-order valence-corrected chi connectivity index (χ3v) is 5.37. The fourth-order valence-corrected chi connectivity index (χ4v) is 4.35. The summed E-state index contributed by atoms with van der Waals surface area (Å²) in [5.74, 6) is 1.31. The number of rotatable bonds is 2. The summed E-state index contributed by atoms with van der Waals surface area (Å²) in [5, 5.41) is 15.0. The molecule has 7 nitrogen and oxygen atoms in total. The number of nitrogens with one attached hydrogen (secondary N) is 2. The van der Waals surface area contributed by atoms with Gasteiger partial charge in [0.1, 0.15) is 0 Å². The highest BCUT2D eigenvalue weighted by Crippen LogP contribution is 2.46. The van der Waals surface area contributed by atoms with Crippen LogP contribution in [-0.4, -0.2) is 23.2 Å². The summed E-state index contributed by atoms with van der Waals surface area (Å²) < 4.78 is 10.1. The van der Waals surface area contributed by atoms with Gasteiger partial charge in [0.2, 0.25) is 11.6 Å². The van der Waals surface area contributed by atoms with Crippen LogP contribution in [0.15, 0.2) is 28.0 Å². The Hall–Kier alpha value is -2.25. The van der Waals surface area contributed by atoms with Crippen LogP contribution in [0.4, 0.5) is 11.6 Å². The molecule has 1 aromatic heterocycles. The smallest absolute Gasteiger partial charge is 0.219 e. The molecule has 9 heteroatoms. The average Bonchev–Trinajstić information content (AvgIpc) is 2.92. The first-order valence-electron chi connectivity index (χ1n) is 8.44. The van der Waals surface area contributed by atoms with Crippen LogP contribution in [0.5, 0.6) is 5.75 Å². The number of Topliss-reactive ketones (excluding diaryl/α,β-unsaturated/α-hetero) is 1. The topological polar surface area (TPSA) is 89.3 Å². The lowest BCUT2D eigenvalue weighted by Crippen LogP contribution is -2.31. The molecule has 2 heterocycles. The molecule has 2 aromatic rings. The predicted molar refractivity (Wildman–Crippen MR) is 102 cm³/mol. The van der Waals surface area contributed by atoms with E-state index in [4.69, 9.17) is 32.6 Å². The van der Waals surface area contributed by atoms with Gasteiger partial charge in [0.05, 0.1) is 23.2 Å². The average molecular weight is 409 g/mol. The predicted octanol–water partition coefficient (Wildman–Crippen LogP) is 4.61. The van der Waals surface area contributed by atoms with Crippen LogP contribution in [0, 0.1) is 5.41 Å². The van der Waals surface area contributed by atoms with Gasteiger partial charge < -0.3 is 15.4 Å². The van der Waals surface area contributed by atoms with Crippen molar-refractivity contribution >= 4 is 40.6 Å². The van der Waals surface area contributed by atoms with Crippen LogP contribution in [-0.2, 0) is 4.79 Å². The molecule has 0 amide bonds. The van der Waals surface area contributed by atoms with Crippen molar-refractivity contribution in [2.75, 3.05) is 17.7 Å². The molecular weight excluding hydrogens is 391 g/mol. The number of nitrogens with zero attached hydrogens (tertiary/aromatic N) is 2. The van der Waals surface area contributed by atoms with Gasteiger partial charge in [-0.1, -0.05) is 37.0 Å². The highest BCUT2D eigenvalue weighted by molar-refractivity contribution is 6.37. The molecule has 142 valence electrons. The number of benzene rings is 1. The number of anilines is 2. The van der Waals surface area contributed by atoms with Crippen LogP contribution in [0.25, 0.3) is 0 Å². The van der Waals surface area contributed by atoms with E-state index in [-0.39, 0.29) is 11.2 Å². The summed E-state index contributed by atoms with van der Waals surface area (Å²) in [6.07, 6.45) is 1.13. The van der Waals surface area contributed by atoms with Crippen LogP contribution < -0.4 is 15.4 Å². The van der Waals surface area contributed by atoms with Gasteiger partial charge in [0.25, 0.3) is 0 Å². The minimum Gasteiger partial charge on any atom is -0.494 e. The van der Waals surface area contributed by atoms with Crippen molar-refractivity contribution in [2.24, 2.45) is 5.41 Å². The van der Waals surface area contributed by atoms with Crippen molar-refractivity contribution in [3.8, 4) is 5.75 Å². The number of halogens is 2. The lowest BCUT2D eigenvalue weighted by molar-refractivity contribution is -0.118. The summed E-state index contributed by atoms with van der Waals surface area (Å²) in [4.78, 5) is 13.1. The lowest BCUT2D eigenvalue weighted by Gasteiger charge is -2.34.